The van der Waals surface area contributed by atoms with Gasteiger partial charge in [0.25, 0.3) is 0 Å². The fourth-order valence-corrected chi connectivity index (χ4v) is 5.12. The molecule has 2 heterocycles. The molecule has 0 spiro atoms. The number of likely N-dealkylation sites (N-methyl/N-ethyl adjacent to an activating group) is 1. The van der Waals surface area contributed by atoms with Crippen molar-refractivity contribution in [1.29, 1.82) is 0 Å². The number of carbonyl (C=O) groups is 2. The van der Waals surface area contributed by atoms with Crippen LogP contribution in [0.25, 0.3) is 9.40 Å². The van der Waals surface area contributed by atoms with Gasteiger partial charge in [0, 0.05) is 17.5 Å². The van der Waals surface area contributed by atoms with E-state index in [1.165, 1.54) is 11.3 Å². The second-order valence-corrected chi connectivity index (χ2v) is 8.87. The Labute approximate surface area is 173 Å². The molecule has 0 amide bonds. The van der Waals surface area contributed by atoms with Crippen molar-refractivity contribution in [3.63, 3.8) is 0 Å². The number of rotatable bonds is 9. The van der Waals surface area contributed by atoms with Gasteiger partial charge in [-0.1, -0.05) is 32.0 Å². The van der Waals surface area contributed by atoms with Gasteiger partial charge in [0.15, 0.2) is 0 Å². The van der Waals surface area contributed by atoms with Gasteiger partial charge in [-0.05, 0) is 49.2 Å². The number of nitrogens with zero attached hydrogens (tertiary/aromatic N) is 1. The Hall–Kier alpha value is -2.02. The topological polar surface area (TPSA) is 46.6 Å². The standard InChI is InChI=1S/C22H25NO3S2/c1-4-23(5-2)10-11-26-21(25)15(3)16-7-6-8-17(13-16)20(24)19-14-18-9-12-27-22(18)28-19/h6-9,12-15H,4-5,10-11H2,1-3H3. The van der Waals surface area contributed by atoms with Crippen molar-refractivity contribution < 1.29 is 14.3 Å². The van der Waals surface area contributed by atoms with Gasteiger partial charge in [-0.15, -0.1) is 22.7 Å². The molecule has 0 N–H and O–H groups in total. The van der Waals surface area contributed by atoms with Gasteiger partial charge < -0.3 is 9.64 Å². The summed E-state index contributed by atoms with van der Waals surface area (Å²) in [5, 5.41) is 3.14. The molecule has 0 aliphatic carbocycles. The van der Waals surface area contributed by atoms with E-state index in [4.69, 9.17) is 4.74 Å². The van der Waals surface area contributed by atoms with E-state index in [1.54, 1.807) is 17.4 Å². The zero-order valence-electron chi connectivity index (χ0n) is 16.4. The number of ether oxygens (including phenoxy) is 1. The number of esters is 1. The predicted octanol–water partition coefficient (Wildman–Crippen LogP) is 5.18. The quantitative estimate of drug-likeness (QED) is 0.357. The van der Waals surface area contributed by atoms with Crippen molar-refractivity contribution in [3.05, 3.63) is 57.8 Å². The van der Waals surface area contributed by atoms with Crippen LogP contribution in [0.15, 0.2) is 41.8 Å². The van der Waals surface area contributed by atoms with E-state index >= 15 is 0 Å². The van der Waals surface area contributed by atoms with E-state index in [0.717, 1.165) is 39.5 Å². The first-order valence-electron chi connectivity index (χ1n) is 9.54. The number of thiophene rings is 2. The third-order valence-electron chi connectivity index (χ3n) is 4.92. The van der Waals surface area contributed by atoms with Crippen LogP contribution in [0.4, 0.5) is 0 Å². The van der Waals surface area contributed by atoms with E-state index in [9.17, 15) is 9.59 Å². The lowest BCUT2D eigenvalue weighted by Gasteiger charge is -2.18. The van der Waals surface area contributed by atoms with Crippen LogP contribution < -0.4 is 0 Å². The predicted molar refractivity (Wildman–Crippen MR) is 117 cm³/mol. The molecule has 1 unspecified atom stereocenters. The van der Waals surface area contributed by atoms with Crippen molar-refractivity contribution in [2.75, 3.05) is 26.2 Å². The van der Waals surface area contributed by atoms with Crippen molar-refractivity contribution in [2.45, 2.75) is 26.7 Å². The first-order valence-corrected chi connectivity index (χ1v) is 11.2. The average Bonchev–Trinajstić information content (AvgIpc) is 3.32. The van der Waals surface area contributed by atoms with Crippen LogP contribution in [0.1, 0.15) is 47.5 Å². The van der Waals surface area contributed by atoms with Crippen LogP contribution in [0.3, 0.4) is 0 Å². The maximum absolute atomic E-state index is 12.9. The highest BCUT2D eigenvalue weighted by atomic mass is 32.2. The molecule has 1 aromatic carbocycles. The lowest BCUT2D eigenvalue weighted by molar-refractivity contribution is -0.145. The molecule has 1 atom stereocenters. The summed E-state index contributed by atoms with van der Waals surface area (Å²) in [5.41, 5.74) is 1.41. The van der Waals surface area contributed by atoms with Crippen molar-refractivity contribution in [3.8, 4) is 0 Å². The fourth-order valence-electron chi connectivity index (χ4n) is 3.05. The fraction of sp³-hybridized carbons (Fsp3) is 0.364. The van der Waals surface area contributed by atoms with Gasteiger partial charge in [-0.3, -0.25) is 9.59 Å². The maximum atomic E-state index is 12.9. The SMILES string of the molecule is CCN(CC)CCOC(=O)C(C)c1cccc(C(=O)c2cc3ccsc3s2)c1. The molecule has 28 heavy (non-hydrogen) atoms. The number of carbonyl (C=O) groups excluding carboxylic acids is 2. The summed E-state index contributed by atoms with van der Waals surface area (Å²) in [6, 6.07) is 11.3. The molecule has 0 aliphatic rings. The second kappa shape index (κ2) is 9.45. The van der Waals surface area contributed by atoms with Gasteiger partial charge >= 0.3 is 5.97 Å². The van der Waals surface area contributed by atoms with Crippen molar-refractivity contribution in [2.24, 2.45) is 0 Å². The lowest BCUT2D eigenvalue weighted by Crippen LogP contribution is -2.28. The van der Waals surface area contributed by atoms with Crippen molar-refractivity contribution in [1.82, 2.24) is 4.90 Å². The summed E-state index contributed by atoms with van der Waals surface area (Å²) in [5.74, 6) is -0.665. The third kappa shape index (κ3) is 4.69. The van der Waals surface area contributed by atoms with E-state index in [0.29, 0.717) is 12.2 Å². The normalized spacial score (nSPS) is 12.4. The zero-order valence-corrected chi connectivity index (χ0v) is 18.1. The highest BCUT2D eigenvalue weighted by Gasteiger charge is 2.20. The maximum Gasteiger partial charge on any atom is 0.313 e. The van der Waals surface area contributed by atoms with Gasteiger partial charge in [0.1, 0.15) is 6.61 Å². The van der Waals surface area contributed by atoms with Crippen molar-refractivity contribution >= 4 is 43.8 Å². The van der Waals surface area contributed by atoms with Crippen LogP contribution in [-0.2, 0) is 9.53 Å². The molecule has 0 saturated carbocycles. The van der Waals surface area contributed by atoms with Crippen LogP contribution in [0.5, 0.6) is 0 Å². The Kier molecular flexibility index (Phi) is 6.99. The minimum absolute atomic E-state index is 0.00245. The Morgan fingerprint density at radius 2 is 1.93 bits per heavy atom. The smallest absolute Gasteiger partial charge is 0.313 e. The summed E-state index contributed by atoms with van der Waals surface area (Å²) in [6.45, 7) is 9.00. The number of fused-ring (bicyclic) bond motifs is 1. The second-order valence-electron chi connectivity index (χ2n) is 6.64. The first-order chi connectivity index (χ1) is 13.5. The molecule has 2 aromatic heterocycles. The largest absolute Gasteiger partial charge is 0.464 e. The molecule has 6 heteroatoms. The van der Waals surface area contributed by atoms with Crippen LogP contribution in [-0.4, -0.2) is 42.9 Å². The zero-order chi connectivity index (χ0) is 20.1. The Morgan fingerprint density at radius 1 is 1.14 bits per heavy atom. The minimum Gasteiger partial charge on any atom is -0.464 e. The van der Waals surface area contributed by atoms with E-state index in [2.05, 4.69) is 18.7 Å². The molecular weight excluding hydrogens is 390 g/mol. The molecule has 0 saturated heterocycles. The molecule has 0 aliphatic heterocycles. The first kappa shape index (κ1) is 20.7. The summed E-state index contributed by atoms with van der Waals surface area (Å²) in [4.78, 5) is 28.2. The van der Waals surface area contributed by atoms with Gasteiger partial charge in [-0.25, -0.2) is 0 Å². The van der Waals surface area contributed by atoms with Gasteiger partial charge in [0.2, 0.25) is 5.78 Å². The molecule has 0 radical (unpaired) electrons. The van der Waals surface area contributed by atoms with E-state index in [-0.39, 0.29) is 11.8 Å². The molecule has 3 aromatic rings. The molecule has 148 valence electrons. The molecule has 3 rings (SSSR count). The monoisotopic (exact) mass is 415 g/mol. The summed E-state index contributed by atoms with van der Waals surface area (Å²) < 4.78 is 6.60. The Morgan fingerprint density at radius 3 is 2.64 bits per heavy atom. The molecular formula is C22H25NO3S2. The molecule has 4 nitrogen and oxygen atoms in total. The van der Waals surface area contributed by atoms with Crippen LogP contribution >= 0.6 is 22.7 Å². The lowest BCUT2D eigenvalue weighted by atomic mass is 9.97. The van der Waals surface area contributed by atoms with Crippen LogP contribution in [0.2, 0.25) is 0 Å². The van der Waals surface area contributed by atoms with E-state index < -0.39 is 5.92 Å². The highest BCUT2D eigenvalue weighted by Crippen LogP contribution is 2.32. The summed E-state index contributed by atoms with van der Waals surface area (Å²) in [6.07, 6.45) is 0. The number of hydrogen-bond donors (Lipinski definition) is 0. The average molecular weight is 416 g/mol. The van der Waals surface area contributed by atoms with Crippen LogP contribution in [0, 0.1) is 0 Å². The Balaban J connectivity index is 1.67. The minimum atomic E-state index is -0.406. The number of ketones is 1. The van der Waals surface area contributed by atoms with Gasteiger partial charge in [0.05, 0.1) is 14.8 Å². The molecule has 0 fully saturated rings. The van der Waals surface area contributed by atoms with E-state index in [1.807, 2.05) is 42.6 Å². The number of hydrogen-bond acceptors (Lipinski definition) is 6. The molecule has 0 bridgehead atoms. The third-order valence-corrected chi connectivity index (χ3v) is 7.12. The highest BCUT2D eigenvalue weighted by molar-refractivity contribution is 7.38. The summed E-state index contributed by atoms with van der Waals surface area (Å²) >= 11 is 3.17. The summed E-state index contributed by atoms with van der Waals surface area (Å²) in [7, 11) is 0. The number of benzene rings is 1. The Bertz CT molecular complexity index is 927. The van der Waals surface area contributed by atoms with Gasteiger partial charge in [-0.2, -0.15) is 0 Å².